The molecule has 0 spiro atoms. The average Bonchev–Trinajstić information content (AvgIpc) is 3.53. The fourth-order valence-corrected chi connectivity index (χ4v) is 4.42. The number of furan rings is 1. The summed E-state index contributed by atoms with van der Waals surface area (Å²) in [7, 11) is 1.65. The lowest BCUT2D eigenvalue weighted by molar-refractivity contribution is 0.415. The second kappa shape index (κ2) is 8.51. The Morgan fingerprint density at radius 3 is 2.78 bits per heavy atom. The van der Waals surface area contributed by atoms with E-state index in [0.29, 0.717) is 18.1 Å². The van der Waals surface area contributed by atoms with Crippen LogP contribution in [-0.4, -0.2) is 36.2 Å². The summed E-state index contributed by atoms with van der Waals surface area (Å²) in [6.07, 6.45) is 3.70. The zero-order valence-corrected chi connectivity index (χ0v) is 18.8. The van der Waals surface area contributed by atoms with Crippen LogP contribution in [0.5, 0.6) is 5.75 Å². The molecule has 0 saturated carbocycles. The molecule has 4 aromatic heterocycles. The van der Waals surface area contributed by atoms with Gasteiger partial charge in [-0.1, -0.05) is 23.9 Å². The van der Waals surface area contributed by atoms with Crippen LogP contribution in [0.25, 0.3) is 17.2 Å². The lowest BCUT2D eigenvalue weighted by Crippen LogP contribution is -2.03. The summed E-state index contributed by atoms with van der Waals surface area (Å²) in [5.41, 5.74) is 3.93. The van der Waals surface area contributed by atoms with E-state index in [4.69, 9.17) is 9.15 Å². The van der Waals surface area contributed by atoms with E-state index < -0.39 is 0 Å². The molecule has 0 unspecified atom stereocenters. The summed E-state index contributed by atoms with van der Waals surface area (Å²) in [4.78, 5) is 9.21. The Morgan fingerprint density at radius 2 is 1.97 bits per heavy atom. The van der Waals surface area contributed by atoms with Gasteiger partial charge in [-0.05, 0) is 44.2 Å². The maximum absolute atomic E-state index is 5.59. The van der Waals surface area contributed by atoms with Crippen molar-refractivity contribution in [3.8, 4) is 17.1 Å². The van der Waals surface area contributed by atoms with Crippen LogP contribution >= 0.6 is 11.8 Å². The monoisotopic (exact) mass is 446 g/mol. The van der Waals surface area contributed by atoms with Crippen LogP contribution in [0.2, 0.25) is 0 Å². The summed E-state index contributed by atoms with van der Waals surface area (Å²) in [5.74, 6) is 3.72. The van der Waals surface area contributed by atoms with Crippen molar-refractivity contribution in [3.05, 3.63) is 77.8 Å². The number of fused-ring (bicyclic) bond motifs is 1. The normalized spacial score (nSPS) is 11.3. The quantitative estimate of drug-likeness (QED) is 0.339. The molecule has 1 aromatic carbocycles. The smallest absolute Gasteiger partial charge is 0.234 e. The second-order valence-corrected chi connectivity index (χ2v) is 8.38. The van der Waals surface area contributed by atoms with E-state index in [-0.39, 0.29) is 0 Å². The summed E-state index contributed by atoms with van der Waals surface area (Å²) < 4.78 is 15.0. The molecular weight excluding hydrogens is 424 g/mol. The third-order valence-corrected chi connectivity index (χ3v) is 6.10. The Bertz CT molecular complexity index is 1370. The van der Waals surface area contributed by atoms with E-state index in [2.05, 4.69) is 31.7 Å². The molecule has 32 heavy (non-hydrogen) atoms. The highest BCUT2D eigenvalue weighted by Gasteiger charge is 2.17. The van der Waals surface area contributed by atoms with E-state index in [1.165, 1.54) is 0 Å². The molecule has 0 fully saturated rings. The van der Waals surface area contributed by atoms with Crippen LogP contribution in [0, 0.1) is 13.8 Å². The van der Waals surface area contributed by atoms with Crippen LogP contribution in [0.4, 0.5) is 0 Å². The van der Waals surface area contributed by atoms with Crippen LogP contribution < -0.4 is 4.74 Å². The molecule has 0 bridgehead atoms. The number of ether oxygens (including phenoxy) is 1. The topological polar surface area (TPSA) is 83.3 Å². The van der Waals surface area contributed by atoms with Crippen molar-refractivity contribution in [2.45, 2.75) is 31.3 Å². The molecule has 9 heteroatoms. The van der Waals surface area contributed by atoms with Crippen molar-refractivity contribution in [1.82, 2.24) is 29.1 Å². The molecule has 0 aliphatic rings. The van der Waals surface area contributed by atoms with Crippen LogP contribution in [-0.2, 0) is 12.3 Å². The van der Waals surface area contributed by atoms with Crippen molar-refractivity contribution in [2.75, 3.05) is 7.11 Å². The predicted octanol–water partition coefficient (Wildman–Crippen LogP) is 4.55. The first-order chi connectivity index (χ1) is 15.6. The van der Waals surface area contributed by atoms with Gasteiger partial charge in [-0.2, -0.15) is 0 Å². The lowest BCUT2D eigenvalue weighted by Gasteiger charge is -2.09. The van der Waals surface area contributed by atoms with E-state index in [1.807, 2.05) is 60.0 Å². The summed E-state index contributed by atoms with van der Waals surface area (Å²) in [6.45, 7) is 4.56. The van der Waals surface area contributed by atoms with Crippen LogP contribution in [0.3, 0.4) is 0 Å². The number of methoxy groups -OCH3 is 1. The molecule has 0 N–H and O–H groups in total. The molecule has 0 atom stereocenters. The molecule has 0 saturated heterocycles. The van der Waals surface area contributed by atoms with E-state index in [1.54, 1.807) is 25.1 Å². The highest BCUT2D eigenvalue weighted by atomic mass is 32.2. The number of hydrogen-bond donors (Lipinski definition) is 0. The van der Waals surface area contributed by atoms with Gasteiger partial charge in [0, 0.05) is 28.9 Å². The van der Waals surface area contributed by atoms with Gasteiger partial charge in [0.1, 0.15) is 11.5 Å². The van der Waals surface area contributed by atoms with Crippen molar-refractivity contribution in [1.29, 1.82) is 0 Å². The fourth-order valence-electron chi connectivity index (χ4n) is 3.60. The molecular formula is C23H22N6O2S. The van der Waals surface area contributed by atoms with Gasteiger partial charge in [-0.25, -0.2) is 9.97 Å². The van der Waals surface area contributed by atoms with E-state index >= 15 is 0 Å². The van der Waals surface area contributed by atoms with Crippen molar-refractivity contribution >= 4 is 17.5 Å². The van der Waals surface area contributed by atoms with Crippen LogP contribution in [0.15, 0.2) is 64.5 Å². The largest absolute Gasteiger partial charge is 0.497 e. The highest BCUT2D eigenvalue weighted by molar-refractivity contribution is 7.98. The Morgan fingerprint density at radius 1 is 1.06 bits per heavy atom. The molecule has 5 aromatic rings. The standard InChI is InChI=1S/C23H22N6O2S/c1-15-10-16(2)28-12-18(25-22(28)24-15)14-32-23-27-26-21(17-6-4-7-19(11-17)30-3)29(23)13-20-8-5-9-31-20/h4-12H,13-14H2,1-3H3. The number of imidazole rings is 1. The first kappa shape index (κ1) is 20.3. The zero-order valence-electron chi connectivity index (χ0n) is 18.0. The van der Waals surface area contributed by atoms with Crippen molar-refractivity contribution in [3.63, 3.8) is 0 Å². The number of aryl methyl sites for hydroxylation is 2. The van der Waals surface area contributed by atoms with Crippen molar-refractivity contribution < 1.29 is 9.15 Å². The van der Waals surface area contributed by atoms with E-state index in [9.17, 15) is 0 Å². The number of nitrogens with zero attached hydrogens (tertiary/aromatic N) is 6. The zero-order chi connectivity index (χ0) is 22.1. The molecule has 0 aliphatic carbocycles. The van der Waals surface area contributed by atoms with Gasteiger partial charge in [0.15, 0.2) is 11.0 Å². The molecule has 0 amide bonds. The Kier molecular flexibility index (Phi) is 5.40. The van der Waals surface area contributed by atoms with Crippen LogP contribution in [0.1, 0.15) is 22.8 Å². The number of rotatable bonds is 7. The Labute approximate surface area is 189 Å². The second-order valence-electron chi connectivity index (χ2n) is 7.43. The number of thioether (sulfide) groups is 1. The fraction of sp³-hybridized carbons (Fsp3) is 0.217. The van der Waals surface area contributed by atoms with Gasteiger partial charge in [0.2, 0.25) is 5.78 Å². The molecule has 0 aliphatic heterocycles. The Balaban J connectivity index is 1.46. The van der Waals surface area contributed by atoms with Crippen molar-refractivity contribution in [2.24, 2.45) is 0 Å². The van der Waals surface area contributed by atoms with Gasteiger partial charge in [-0.15, -0.1) is 10.2 Å². The first-order valence-corrected chi connectivity index (χ1v) is 11.1. The summed E-state index contributed by atoms with van der Waals surface area (Å²) in [5, 5.41) is 9.74. The SMILES string of the molecule is COc1cccc(-c2nnc(SCc3cn4c(C)cc(C)nc4n3)n2Cc2ccco2)c1. The summed E-state index contributed by atoms with van der Waals surface area (Å²) in [6, 6.07) is 13.7. The Hall–Kier alpha value is -3.59. The molecule has 5 rings (SSSR count). The minimum absolute atomic E-state index is 0.528. The maximum Gasteiger partial charge on any atom is 0.234 e. The van der Waals surface area contributed by atoms with Gasteiger partial charge in [0.25, 0.3) is 0 Å². The average molecular weight is 447 g/mol. The number of hydrogen-bond acceptors (Lipinski definition) is 7. The highest BCUT2D eigenvalue weighted by Crippen LogP contribution is 2.29. The molecule has 162 valence electrons. The molecule has 0 radical (unpaired) electrons. The maximum atomic E-state index is 5.59. The summed E-state index contributed by atoms with van der Waals surface area (Å²) >= 11 is 1.59. The van der Waals surface area contributed by atoms with Gasteiger partial charge in [0.05, 0.1) is 25.6 Å². The lowest BCUT2D eigenvalue weighted by atomic mass is 10.2. The third kappa shape index (κ3) is 3.99. The van der Waals surface area contributed by atoms with E-state index in [0.717, 1.165) is 45.1 Å². The minimum atomic E-state index is 0.528. The van der Waals surface area contributed by atoms with Gasteiger partial charge in [-0.3, -0.25) is 8.97 Å². The molecule has 8 nitrogen and oxygen atoms in total. The third-order valence-electron chi connectivity index (χ3n) is 5.10. The number of benzene rings is 1. The minimum Gasteiger partial charge on any atom is -0.497 e. The molecule has 4 heterocycles. The number of aromatic nitrogens is 6. The first-order valence-electron chi connectivity index (χ1n) is 10.2. The predicted molar refractivity (Wildman–Crippen MR) is 122 cm³/mol. The van der Waals surface area contributed by atoms with Gasteiger partial charge >= 0.3 is 0 Å². The van der Waals surface area contributed by atoms with Gasteiger partial charge < -0.3 is 9.15 Å².